The van der Waals surface area contributed by atoms with Crippen molar-refractivity contribution < 1.29 is 0 Å². The third-order valence-corrected chi connectivity index (χ3v) is 12.0. The van der Waals surface area contributed by atoms with Gasteiger partial charge in [0.2, 0.25) is 0 Å². The molecule has 3 heterocycles. The van der Waals surface area contributed by atoms with Crippen LogP contribution in [0.15, 0.2) is 182 Å². The zero-order valence-corrected chi connectivity index (χ0v) is 29.1. The van der Waals surface area contributed by atoms with Gasteiger partial charge in [0.1, 0.15) is 0 Å². The van der Waals surface area contributed by atoms with Crippen molar-refractivity contribution in [3.8, 4) is 39.1 Å². The summed E-state index contributed by atoms with van der Waals surface area (Å²) in [6, 6.07) is 67.0. The molecule has 1 aliphatic heterocycles. The predicted molar refractivity (Wildman–Crippen MR) is 222 cm³/mol. The molecule has 11 rings (SSSR count). The molecule has 0 saturated heterocycles. The van der Waals surface area contributed by atoms with Crippen LogP contribution < -0.4 is 4.90 Å². The summed E-state index contributed by atoms with van der Waals surface area (Å²) >= 11 is 1.87. The normalized spacial score (nSPS) is 12.5. The Balaban J connectivity index is 1.01. The molecular formula is C49H32N2S. The Kier molecular flexibility index (Phi) is 6.52. The molecule has 0 fully saturated rings. The fourth-order valence-corrected chi connectivity index (χ4v) is 9.40. The van der Waals surface area contributed by atoms with E-state index in [1.807, 2.05) is 11.3 Å². The Hall–Kier alpha value is -6.42. The summed E-state index contributed by atoms with van der Waals surface area (Å²) in [5, 5.41) is 5.19. The number of para-hydroxylation sites is 2. The Morgan fingerprint density at radius 1 is 0.385 bits per heavy atom. The third kappa shape index (κ3) is 4.56. The number of hydrogen-bond acceptors (Lipinski definition) is 2. The minimum atomic E-state index is 0.862. The lowest BCUT2D eigenvalue weighted by molar-refractivity contribution is 0.961. The van der Waals surface area contributed by atoms with Crippen molar-refractivity contribution in [3.05, 3.63) is 188 Å². The van der Waals surface area contributed by atoms with Gasteiger partial charge in [-0.1, -0.05) is 115 Å². The fraction of sp³-hybridized carbons (Fsp3) is 0.0204. The van der Waals surface area contributed by atoms with Gasteiger partial charge in [-0.25, -0.2) is 0 Å². The average molecular weight is 681 g/mol. The van der Waals surface area contributed by atoms with Gasteiger partial charge < -0.3 is 9.47 Å². The van der Waals surface area contributed by atoms with E-state index in [9.17, 15) is 0 Å². The SMILES string of the molecule is c1ccc(N2Cc3ccccc3-c3cc(-c4ccc(-n5c6ccccc6c6ccc(-c7ccc8sc9ccccc9c8c7)cc65)cc4)ccc32)cc1. The summed E-state index contributed by atoms with van der Waals surface area (Å²) in [7, 11) is 0. The van der Waals surface area contributed by atoms with Crippen molar-refractivity contribution in [2.75, 3.05) is 4.90 Å². The van der Waals surface area contributed by atoms with E-state index in [1.54, 1.807) is 0 Å². The summed E-state index contributed by atoms with van der Waals surface area (Å²) in [5.41, 5.74) is 14.9. The highest BCUT2D eigenvalue weighted by atomic mass is 32.1. The highest BCUT2D eigenvalue weighted by molar-refractivity contribution is 7.25. The van der Waals surface area contributed by atoms with Crippen LogP contribution in [0.4, 0.5) is 11.4 Å². The summed E-state index contributed by atoms with van der Waals surface area (Å²) in [6.45, 7) is 0.862. The molecule has 1 aliphatic rings. The van der Waals surface area contributed by atoms with Gasteiger partial charge in [-0.15, -0.1) is 11.3 Å². The largest absolute Gasteiger partial charge is 0.336 e. The van der Waals surface area contributed by atoms with Crippen LogP contribution in [-0.2, 0) is 6.54 Å². The van der Waals surface area contributed by atoms with Crippen LogP contribution in [0.25, 0.3) is 81.0 Å². The van der Waals surface area contributed by atoms with Gasteiger partial charge in [0, 0.05) is 60.1 Å². The van der Waals surface area contributed by atoms with E-state index in [1.165, 1.54) is 92.3 Å². The minimum Gasteiger partial charge on any atom is -0.336 e. The Bertz CT molecular complexity index is 2990. The lowest BCUT2D eigenvalue weighted by atomic mass is 9.90. The maximum Gasteiger partial charge on any atom is 0.0547 e. The van der Waals surface area contributed by atoms with E-state index >= 15 is 0 Å². The quantitative estimate of drug-likeness (QED) is 0.180. The van der Waals surface area contributed by atoms with Gasteiger partial charge in [-0.3, -0.25) is 0 Å². The van der Waals surface area contributed by atoms with Crippen molar-refractivity contribution in [1.82, 2.24) is 4.57 Å². The number of anilines is 2. The van der Waals surface area contributed by atoms with E-state index in [0.29, 0.717) is 0 Å². The zero-order chi connectivity index (χ0) is 34.2. The second-order valence-corrected chi connectivity index (χ2v) is 14.8. The van der Waals surface area contributed by atoms with E-state index in [0.717, 1.165) is 12.2 Å². The number of hydrogen-bond donors (Lipinski definition) is 0. The van der Waals surface area contributed by atoms with Gasteiger partial charge in [0.05, 0.1) is 11.0 Å². The molecule has 2 nitrogen and oxygen atoms in total. The van der Waals surface area contributed by atoms with Gasteiger partial charge in [0.15, 0.2) is 0 Å². The number of aromatic nitrogens is 1. The van der Waals surface area contributed by atoms with Crippen LogP contribution >= 0.6 is 11.3 Å². The van der Waals surface area contributed by atoms with Crippen molar-refractivity contribution >= 4 is 64.7 Å². The molecule has 10 aromatic rings. The van der Waals surface area contributed by atoms with E-state index in [-0.39, 0.29) is 0 Å². The second-order valence-electron chi connectivity index (χ2n) is 13.8. The van der Waals surface area contributed by atoms with Crippen LogP contribution in [0.2, 0.25) is 0 Å². The molecule has 0 atom stereocenters. The summed E-state index contributed by atoms with van der Waals surface area (Å²) in [5.74, 6) is 0. The Labute approximate surface area is 306 Å². The van der Waals surface area contributed by atoms with Crippen molar-refractivity contribution in [1.29, 1.82) is 0 Å². The predicted octanol–water partition coefficient (Wildman–Crippen LogP) is 13.8. The number of rotatable bonds is 4. The molecule has 0 spiro atoms. The first-order valence-corrected chi connectivity index (χ1v) is 18.7. The maximum atomic E-state index is 2.43. The van der Waals surface area contributed by atoms with E-state index in [4.69, 9.17) is 0 Å². The zero-order valence-electron chi connectivity index (χ0n) is 28.3. The molecule has 3 heteroatoms. The minimum absolute atomic E-state index is 0.862. The van der Waals surface area contributed by atoms with Crippen LogP contribution in [0.3, 0.4) is 0 Å². The summed E-state index contributed by atoms with van der Waals surface area (Å²) in [4.78, 5) is 2.43. The first-order valence-electron chi connectivity index (χ1n) is 17.9. The standard InChI is InChI=1S/C49H32N2S/c1-2-11-37(12-3-1)50-31-36-10-4-5-13-39(36)43-28-33(21-26-45(43)50)32-18-23-38(24-19-32)51-46-16-8-6-14-40(46)41-25-20-35(30-47(41)51)34-22-27-49-44(29-34)42-15-7-9-17-48(42)52-49/h1-30H,31H2. The fourth-order valence-electron chi connectivity index (χ4n) is 8.32. The highest BCUT2D eigenvalue weighted by Gasteiger charge is 2.23. The third-order valence-electron chi connectivity index (χ3n) is 10.8. The lowest BCUT2D eigenvalue weighted by Crippen LogP contribution is -2.21. The maximum absolute atomic E-state index is 2.43. The molecular weight excluding hydrogens is 649 g/mol. The molecule has 52 heavy (non-hydrogen) atoms. The summed E-state index contributed by atoms with van der Waals surface area (Å²) in [6.07, 6.45) is 0. The smallest absolute Gasteiger partial charge is 0.0547 e. The van der Waals surface area contributed by atoms with Gasteiger partial charge in [-0.2, -0.15) is 0 Å². The van der Waals surface area contributed by atoms with Crippen molar-refractivity contribution in [2.24, 2.45) is 0 Å². The second kappa shape index (κ2) is 11.6. The monoisotopic (exact) mass is 680 g/mol. The Morgan fingerprint density at radius 3 is 1.94 bits per heavy atom. The molecule has 2 aromatic heterocycles. The van der Waals surface area contributed by atoms with Crippen LogP contribution in [-0.4, -0.2) is 4.57 Å². The summed E-state index contributed by atoms with van der Waals surface area (Å²) < 4.78 is 5.09. The van der Waals surface area contributed by atoms with Gasteiger partial charge in [-0.05, 0) is 100 Å². The molecule has 0 radical (unpaired) electrons. The molecule has 0 N–H and O–H groups in total. The average Bonchev–Trinajstić information content (AvgIpc) is 3.76. The topological polar surface area (TPSA) is 8.17 Å². The highest BCUT2D eigenvalue weighted by Crippen LogP contribution is 2.45. The molecule has 0 unspecified atom stereocenters. The van der Waals surface area contributed by atoms with Gasteiger partial charge >= 0.3 is 0 Å². The lowest BCUT2D eigenvalue weighted by Gasteiger charge is -2.33. The van der Waals surface area contributed by atoms with Crippen LogP contribution in [0.1, 0.15) is 5.56 Å². The number of fused-ring (bicyclic) bond motifs is 9. The molecule has 8 aromatic carbocycles. The van der Waals surface area contributed by atoms with E-state index in [2.05, 4.69) is 191 Å². The van der Waals surface area contributed by atoms with Crippen molar-refractivity contribution in [2.45, 2.75) is 6.54 Å². The first-order chi connectivity index (χ1) is 25.8. The molecule has 0 aliphatic carbocycles. The Morgan fingerprint density at radius 2 is 1.04 bits per heavy atom. The first kappa shape index (κ1) is 29.3. The van der Waals surface area contributed by atoms with Crippen molar-refractivity contribution in [3.63, 3.8) is 0 Å². The number of benzene rings is 8. The van der Waals surface area contributed by atoms with Crippen LogP contribution in [0.5, 0.6) is 0 Å². The van der Waals surface area contributed by atoms with Gasteiger partial charge in [0.25, 0.3) is 0 Å². The van der Waals surface area contributed by atoms with E-state index < -0.39 is 0 Å². The van der Waals surface area contributed by atoms with Crippen LogP contribution in [0, 0.1) is 0 Å². The molecule has 244 valence electrons. The number of thiophene rings is 1. The molecule has 0 amide bonds. The molecule has 0 saturated carbocycles. The number of nitrogens with zero attached hydrogens (tertiary/aromatic N) is 2. The molecule has 0 bridgehead atoms.